The normalized spacial score (nSPS) is 16.2. The Morgan fingerprint density at radius 2 is 1.90 bits per heavy atom. The zero-order valence-electron chi connectivity index (χ0n) is 13.5. The average molecular weight is 289 g/mol. The number of hydrogen-bond donors (Lipinski definition) is 0. The molecule has 6 nitrogen and oxygen atoms in total. The number of fused-ring (bicyclic) bond motifs is 1. The number of aryl methyl sites for hydroxylation is 1. The summed E-state index contributed by atoms with van der Waals surface area (Å²) in [5, 5.41) is 4.10. The molecule has 0 radical (unpaired) electrons. The van der Waals surface area contributed by atoms with Crippen LogP contribution in [0.1, 0.15) is 49.7 Å². The Morgan fingerprint density at radius 1 is 1.14 bits per heavy atom. The van der Waals surface area contributed by atoms with Crippen LogP contribution in [-0.2, 0) is 25.0 Å². The number of rotatable bonds is 2. The molecule has 2 aromatic rings. The van der Waals surface area contributed by atoms with E-state index in [1.54, 1.807) is 0 Å². The molecule has 0 aliphatic carbocycles. The van der Waals surface area contributed by atoms with Crippen molar-refractivity contribution in [3.05, 3.63) is 28.9 Å². The molecule has 1 aliphatic rings. The van der Waals surface area contributed by atoms with Gasteiger partial charge in [-0.3, -0.25) is 4.90 Å². The predicted molar refractivity (Wildman–Crippen MR) is 78.8 cm³/mol. The molecule has 0 fully saturated rings. The van der Waals surface area contributed by atoms with Gasteiger partial charge in [-0.15, -0.1) is 0 Å². The van der Waals surface area contributed by atoms with Gasteiger partial charge in [0.25, 0.3) is 0 Å². The quantitative estimate of drug-likeness (QED) is 0.848. The standard InChI is InChI=1S/C15H23N5O/c1-10-11(2)20-7-6-19(9-13(20)16-10)8-12-17-14(21-18-12)15(3,4)5/h6-9H2,1-5H3. The van der Waals surface area contributed by atoms with Gasteiger partial charge in [-0.2, -0.15) is 4.98 Å². The van der Waals surface area contributed by atoms with E-state index >= 15 is 0 Å². The Bertz CT molecular complexity index is 650. The molecule has 0 amide bonds. The number of imidazole rings is 1. The van der Waals surface area contributed by atoms with Gasteiger partial charge < -0.3 is 9.09 Å². The van der Waals surface area contributed by atoms with Crippen molar-refractivity contribution in [3.8, 4) is 0 Å². The van der Waals surface area contributed by atoms with E-state index in [2.05, 4.69) is 59.2 Å². The van der Waals surface area contributed by atoms with Crippen LogP contribution in [0, 0.1) is 13.8 Å². The van der Waals surface area contributed by atoms with Gasteiger partial charge in [0.05, 0.1) is 18.8 Å². The van der Waals surface area contributed by atoms with E-state index in [1.807, 2.05) is 0 Å². The lowest BCUT2D eigenvalue weighted by atomic mass is 9.97. The molecule has 0 spiro atoms. The second kappa shape index (κ2) is 4.94. The summed E-state index contributed by atoms with van der Waals surface area (Å²) in [6, 6.07) is 0. The molecule has 2 aromatic heterocycles. The zero-order chi connectivity index (χ0) is 15.2. The predicted octanol–water partition coefficient (Wildman–Crippen LogP) is 2.20. The maximum Gasteiger partial charge on any atom is 0.232 e. The van der Waals surface area contributed by atoms with Crippen molar-refractivity contribution < 1.29 is 4.52 Å². The van der Waals surface area contributed by atoms with Gasteiger partial charge in [0.1, 0.15) is 5.82 Å². The van der Waals surface area contributed by atoms with Crippen molar-refractivity contribution in [2.75, 3.05) is 6.54 Å². The summed E-state index contributed by atoms with van der Waals surface area (Å²) in [5.41, 5.74) is 2.30. The smallest absolute Gasteiger partial charge is 0.232 e. The number of hydrogen-bond acceptors (Lipinski definition) is 5. The molecule has 0 unspecified atom stereocenters. The maximum absolute atomic E-state index is 5.35. The van der Waals surface area contributed by atoms with Crippen molar-refractivity contribution in [1.82, 2.24) is 24.6 Å². The van der Waals surface area contributed by atoms with Crippen LogP contribution in [0.25, 0.3) is 0 Å². The summed E-state index contributed by atoms with van der Waals surface area (Å²) >= 11 is 0. The van der Waals surface area contributed by atoms with E-state index in [0.29, 0.717) is 12.4 Å². The molecular weight excluding hydrogens is 266 g/mol. The van der Waals surface area contributed by atoms with Gasteiger partial charge in [0, 0.05) is 24.2 Å². The van der Waals surface area contributed by atoms with Crippen molar-refractivity contribution in [2.24, 2.45) is 0 Å². The summed E-state index contributed by atoms with van der Waals surface area (Å²) in [5.74, 6) is 2.59. The monoisotopic (exact) mass is 289 g/mol. The highest BCUT2D eigenvalue weighted by Gasteiger charge is 2.24. The minimum Gasteiger partial charge on any atom is -0.339 e. The second-order valence-corrected chi connectivity index (χ2v) is 6.83. The molecule has 0 saturated carbocycles. The third kappa shape index (κ3) is 2.72. The Balaban J connectivity index is 1.71. The van der Waals surface area contributed by atoms with E-state index in [1.165, 1.54) is 5.69 Å². The Hall–Kier alpha value is -1.69. The van der Waals surface area contributed by atoms with Crippen LogP contribution in [0.3, 0.4) is 0 Å². The summed E-state index contributed by atoms with van der Waals surface area (Å²) in [7, 11) is 0. The van der Waals surface area contributed by atoms with Gasteiger partial charge in [0.2, 0.25) is 5.89 Å². The Morgan fingerprint density at radius 3 is 2.57 bits per heavy atom. The molecule has 6 heteroatoms. The van der Waals surface area contributed by atoms with E-state index in [-0.39, 0.29) is 5.41 Å². The van der Waals surface area contributed by atoms with Crippen molar-refractivity contribution in [1.29, 1.82) is 0 Å². The summed E-state index contributed by atoms with van der Waals surface area (Å²) in [6.45, 7) is 14.0. The molecular formula is C15H23N5O. The zero-order valence-corrected chi connectivity index (χ0v) is 13.5. The fourth-order valence-corrected chi connectivity index (χ4v) is 2.62. The second-order valence-electron chi connectivity index (χ2n) is 6.83. The van der Waals surface area contributed by atoms with E-state index < -0.39 is 0 Å². The van der Waals surface area contributed by atoms with Crippen LogP contribution in [0.5, 0.6) is 0 Å². The summed E-state index contributed by atoms with van der Waals surface area (Å²) < 4.78 is 7.66. The average Bonchev–Trinajstić information content (AvgIpc) is 2.96. The van der Waals surface area contributed by atoms with Gasteiger partial charge in [0.15, 0.2) is 5.82 Å². The summed E-state index contributed by atoms with van der Waals surface area (Å²) in [6.07, 6.45) is 0. The van der Waals surface area contributed by atoms with Crippen LogP contribution < -0.4 is 0 Å². The minimum absolute atomic E-state index is 0.0996. The molecule has 3 heterocycles. The van der Waals surface area contributed by atoms with Crippen molar-refractivity contribution >= 4 is 0 Å². The highest BCUT2D eigenvalue weighted by molar-refractivity contribution is 5.15. The van der Waals surface area contributed by atoms with Crippen LogP contribution in [0.2, 0.25) is 0 Å². The molecule has 21 heavy (non-hydrogen) atoms. The molecule has 0 bridgehead atoms. The lowest BCUT2D eigenvalue weighted by molar-refractivity contribution is 0.200. The first kappa shape index (κ1) is 14.3. The fraction of sp³-hybridized carbons (Fsp3) is 0.667. The van der Waals surface area contributed by atoms with Crippen molar-refractivity contribution in [3.63, 3.8) is 0 Å². The molecule has 0 atom stereocenters. The van der Waals surface area contributed by atoms with Crippen molar-refractivity contribution in [2.45, 2.75) is 59.7 Å². The number of aromatic nitrogens is 4. The SMILES string of the molecule is Cc1nc2n(c1C)CCN(Cc1noc(C(C)(C)C)n1)C2. The topological polar surface area (TPSA) is 60.0 Å². The molecule has 114 valence electrons. The van der Waals surface area contributed by atoms with Gasteiger partial charge >= 0.3 is 0 Å². The maximum atomic E-state index is 5.35. The first-order valence-electron chi connectivity index (χ1n) is 7.42. The first-order valence-corrected chi connectivity index (χ1v) is 7.42. The molecule has 0 aromatic carbocycles. The highest BCUT2D eigenvalue weighted by atomic mass is 16.5. The molecule has 1 aliphatic heterocycles. The van der Waals surface area contributed by atoms with Crippen LogP contribution in [-0.4, -0.2) is 31.1 Å². The van der Waals surface area contributed by atoms with E-state index in [9.17, 15) is 0 Å². The van der Waals surface area contributed by atoms with E-state index in [0.717, 1.165) is 37.0 Å². The lowest BCUT2D eigenvalue weighted by Crippen LogP contribution is -2.34. The molecule has 3 rings (SSSR count). The first-order chi connectivity index (χ1) is 9.84. The van der Waals surface area contributed by atoms with Gasteiger partial charge in [-0.25, -0.2) is 4.98 Å². The molecule has 0 saturated heterocycles. The number of nitrogens with zero attached hydrogens (tertiary/aromatic N) is 5. The van der Waals surface area contributed by atoms with Crippen LogP contribution >= 0.6 is 0 Å². The van der Waals surface area contributed by atoms with Crippen LogP contribution in [0.15, 0.2) is 4.52 Å². The lowest BCUT2D eigenvalue weighted by Gasteiger charge is -2.26. The molecule has 0 N–H and O–H groups in total. The van der Waals surface area contributed by atoms with Crippen LogP contribution in [0.4, 0.5) is 0 Å². The fourth-order valence-electron chi connectivity index (χ4n) is 2.62. The highest BCUT2D eigenvalue weighted by Crippen LogP contribution is 2.21. The Labute approximate surface area is 125 Å². The van der Waals surface area contributed by atoms with Gasteiger partial charge in [-0.1, -0.05) is 25.9 Å². The summed E-state index contributed by atoms with van der Waals surface area (Å²) in [4.78, 5) is 11.5. The van der Waals surface area contributed by atoms with Gasteiger partial charge in [-0.05, 0) is 13.8 Å². The van der Waals surface area contributed by atoms with E-state index in [4.69, 9.17) is 4.52 Å². The minimum atomic E-state index is -0.0996. The largest absolute Gasteiger partial charge is 0.339 e. The third-order valence-electron chi connectivity index (χ3n) is 4.02. The Kier molecular flexibility index (Phi) is 3.36. The third-order valence-corrected chi connectivity index (χ3v) is 4.02.